The maximum Gasteiger partial charge on any atom is 0.294 e. The largest absolute Gasteiger partial charge is 0.489 e. The zero-order valence-electron chi connectivity index (χ0n) is 17.2. The van der Waals surface area contributed by atoms with Gasteiger partial charge in [0.25, 0.3) is 11.1 Å². The molecule has 0 bridgehead atoms. The lowest BCUT2D eigenvalue weighted by Crippen LogP contribution is -2.46. The molecular formula is C23H21ClN2O5S. The number of benzene rings is 2. The van der Waals surface area contributed by atoms with Gasteiger partial charge in [-0.2, -0.15) is 0 Å². The number of carbonyl (C=O) groups excluding carboxylic acids is 3. The highest BCUT2D eigenvalue weighted by Crippen LogP contribution is 2.32. The van der Waals surface area contributed by atoms with Crippen molar-refractivity contribution in [1.29, 1.82) is 0 Å². The number of imide groups is 1. The zero-order valence-corrected chi connectivity index (χ0v) is 18.7. The molecule has 0 spiro atoms. The summed E-state index contributed by atoms with van der Waals surface area (Å²) in [7, 11) is 0. The molecule has 0 saturated carbocycles. The Balaban J connectivity index is 1.41. The van der Waals surface area contributed by atoms with Crippen LogP contribution in [0.5, 0.6) is 5.75 Å². The fourth-order valence-electron chi connectivity index (χ4n) is 3.31. The molecule has 0 N–H and O–H groups in total. The Kier molecular flexibility index (Phi) is 7.14. The molecule has 4 rings (SSSR count). The lowest BCUT2D eigenvalue weighted by Gasteiger charge is -2.28. The number of hydrogen-bond donors (Lipinski definition) is 0. The summed E-state index contributed by atoms with van der Waals surface area (Å²) in [6, 6.07) is 14.6. The van der Waals surface area contributed by atoms with Gasteiger partial charge < -0.3 is 14.4 Å². The van der Waals surface area contributed by atoms with Gasteiger partial charge in [-0.3, -0.25) is 19.3 Å². The van der Waals surface area contributed by atoms with Crippen molar-refractivity contribution in [3.8, 4) is 5.75 Å². The van der Waals surface area contributed by atoms with Crippen LogP contribution in [0.3, 0.4) is 0 Å². The molecule has 0 radical (unpaired) electrons. The van der Waals surface area contributed by atoms with Crippen LogP contribution in [-0.2, 0) is 20.9 Å². The quantitative estimate of drug-likeness (QED) is 0.595. The van der Waals surface area contributed by atoms with Gasteiger partial charge in [0, 0.05) is 23.7 Å². The minimum absolute atomic E-state index is 0.258. The fraction of sp³-hybridized carbons (Fsp3) is 0.261. The Morgan fingerprint density at radius 1 is 1.12 bits per heavy atom. The molecule has 3 amide bonds. The van der Waals surface area contributed by atoms with Crippen LogP contribution in [0.4, 0.5) is 4.79 Å². The third-order valence-electron chi connectivity index (χ3n) is 5.04. The standard InChI is InChI=1S/C23H21ClN2O5S/c24-19-7-2-1-5-17(19)15-31-18-6-3-4-16(12-18)13-20-22(28)26(23(29)32-20)14-21(27)25-8-10-30-11-9-25/h1-7,12-13H,8-11,14-15H2/b20-13+. The highest BCUT2D eigenvalue weighted by molar-refractivity contribution is 8.18. The maximum atomic E-state index is 12.7. The van der Waals surface area contributed by atoms with Crippen molar-refractivity contribution in [2.45, 2.75) is 6.61 Å². The summed E-state index contributed by atoms with van der Waals surface area (Å²) in [6.45, 7) is 1.90. The van der Waals surface area contributed by atoms with Crippen LogP contribution in [0.25, 0.3) is 6.08 Å². The minimum atomic E-state index is -0.469. The minimum Gasteiger partial charge on any atom is -0.489 e. The highest BCUT2D eigenvalue weighted by Gasteiger charge is 2.37. The second-order valence-corrected chi connectivity index (χ2v) is 8.61. The van der Waals surface area contributed by atoms with Crippen LogP contribution in [0.1, 0.15) is 11.1 Å². The Hall–Kier alpha value is -2.81. The monoisotopic (exact) mass is 472 g/mol. The molecule has 0 atom stereocenters. The first-order chi connectivity index (χ1) is 15.5. The van der Waals surface area contributed by atoms with E-state index in [0.717, 1.165) is 22.2 Å². The van der Waals surface area contributed by atoms with Crippen LogP contribution < -0.4 is 4.74 Å². The normalized spacial score (nSPS) is 17.8. The maximum absolute atomic E-state index is 12.7. The predicted molar refractivity (Wildman–Crippen MR) is 122 cm³/mol. The van der Waals surface area contributed by atoms with Gasteiger partial charge in [-0.05, 0) is 41.6 Å². The van der Waals surface area contributed by atoms with Gasteiger partial charge in [-0.1, -0.05) is 41.9 Å². The van der Waals surface area contributed by atoms with Gasteiger partial charge in [-0.15, -0.1) is 0 Å². The van der Waals surface area contributed by atoms with E-state index in [1.807, 2.05) is 24.3 Å². The number of ether oxygens (including phenoxy) is 2. The number of thioether (sulfide) groups is 1. The number of amides is 3. The molecule has 166 valence electrons. The molecule has 0 aliphatic carbocycles. The topological polar surface area (TPSA) is 76.2 Å². The summed E-state index contributed by atoms with van der Waals surface area (Å²) in [4.78, 5) is 40.4. The second-order valence-electron chi connectivity index (χ2n) is 7.21. The van der Waals surface area contributed by atoms with E-state index in [1.54, 1.807) is 35.2 Å². The van der Waals surface area contributed by atoms with E-state index in [9.17, 15) is 14.4 Å². The lowest BCUT2D eigenvalue weighted by atomic mass is 10.2. The molecule has 0 unspecified atom stereocenters. The number of hydrogen-bond acceptors (Lipinski definition) is 6. The first-order valence-electron chi connectivity index (χ1n) is 10.1. The molecule has 0 aromatic heterocycles. The average molecular weight is 473 g/mol. The smallest absolute Gasteiger partial charge is 0.294 e. The molecular weight excluding hydrogens is 452 g/mol. The van der Waals surface area contributed by atoms with Crippen LogP contribution >= 0.6 is 23.4 Å². The third kappa shape index (κ3) is 5.32. The lowest BCUT2D eigenvalue weighted by molar-refractivity contribution is -0.139. The SMILES string of the molecule is O=C(CN1C(=O)S/C(=C/c2cccc(OCc3ccccc3Cl)c2)C1=O)N1CCOCC1. The summed E-state index contributed by atoms with van der Waals surface area (Å²) in [6.07, 6.45) is 1.63. The van der Waals surface area contributed by atoms with E-state index in [1.165, 1.54) is 0 Å². The van der Waals surface area contributed by atoms with Crippen molar-refractivity contribution in [2.75, 3.05) is 32.8 Å². The van der Waals surface area contributed by atoms with E-state index in [-0.39, 0.29) is 17.4 Å². The van der Waals surface area contributed by atoms with E-state index < -0.39 is 11.1 Å². The number of morpholine rings is 1. The van der Waals surface area contributed by atoms with E-state index >= 15 is 0 Å². The van der Waals surface area contributed by atoms with Crippen molar-refractivity contribution in [2.24, 2.45) is 0 Å². The van der Waals surface area contributed by atoms with Gasteiger partial charge in [0.05, 0.1) is 18.1 Å². The summed E-state index contributed by atoms with van der Waals surface area (Å²) < 4.78 is 11.1. The fourth-order valence-corrected chi connectivity index (χ4v) is 4.33. The molecule has 7 nitrogen and oxygen atoms in total. The van der Waals surface area contributed by atoms with Crippen LogP contribution in [0.2, 0.25) is 5.02 Å². The first-order valence-corrected chi connectivity index (χ1v) is 11.3. The second kappa shape index (κ2) is 10.2. The molecule has 2 saturated heterocycles. The molecule has 2 heterocycles. The van der Waals surface area contributed by atoms with Crippen molar-refractivity contribution in [3.63, 3.8) is 0 Å². The zero-order chi connectivity index (χ0) is 22.5. The summed E-state index contributed by atoms with van der Waals surface area (Å²) >= 11 is 6.99. The number of nitrogens with zero attached hydrogens (tertiary/aromatic N) is 2. The summed E-state index contributed by atoms with van der Waals surface area (Å²) in [5.74, 6) is -0.115. The van der Waals surface area contributed by atoms with Crippen LogP contribution in [0.15, 0.2) is 53.4 Å². The Morgan fingerprint density at radius 3 is 2.69 bits per heavy atom. The van der Waals surface area contributed by atoms with Gasteiger partial charge in [0.15, 0.2) is 0 Å². The molecule has 2 aromatic carbocycles. The molecule has 2 fully saturated rings. The molecule has 2 aliphatic rings. The van der Waals surface area contributed by atoms with Gasteiger partial charge >= 0.3 is 0 Å². The third-order valence-corrected chi connectivity index (χ3v) is 6.31. The number of carbonyl (C=O) groups is 3. The van der Waals surface area contributed by atoms with E-state index in [0.29, 0.717) is 49.2 Å². The van der Waals surface area contributed by atoms with Crippen molar-refractivity contribution in [1.82, 2.24) is 9.80 Å². The van der Waals surface area contributed by atoms with E-state index in [4.69, 9.17) is 21.1 Å². The van der Waals surface area contributed by atoms with Gasteiger partial charge in [0.2, 0.25) is 5.91 Å². The van der Waals surface area contributed by atoms with Crippen molar-refractivity contribution < 1.29 is 23.9 Å². The number of rotatable bonds is 6. The van der Waals surface area contributed by atoms with Gasteiger partial charge in [0.1, 0.15) is 18.9 Å². The summed E-state index contributed by atoms with van der Waals surface area (Å²) in [5.41, 5.74) is 1.58. The predicted octanol–water partition coefficient (Wildman–Crippen LogP) is 3.81. The van der Waals surface area contributed by atoms with Crippen LogP contribution in [0, 0.1) is 0 Å². The Labute approximate surface area is 194 Å². The summed E-state index contributed by atoms with van der Waals surface area (Å²) in [5, 5.41) is 0.179. The number of halogens is 1. The van der Waals surface area contributed by atoms with E-state index in [2.05, 4.69) is 0 Å². The highest BCUT2D eigenvalue weighted by atomic mass is 35.5. The molecule has 32 heavy (non-hydrogen) atoms. The first kappa shape index (κ1) is 22.4. The van der Waals surface area contributed by atoms with Crippen molar-refractivity contribution >= 4 is 46.5 Å². The van der Waals surface area contributed by atoms with Gasteiger partial charge in [-0.25, -0.2) is 0 Å². The molecule has 2 aliphatic heterocycles. The Bertz CT molecular complexity index is 1070. The molecule has 2 aromatic rings. The van der Waals surface area contributed by atoms with Crippen LogP contribution in [-0.4, -0.2) is 59.7 Å². The molecule has 9 heteroatoms. The Morgan fingerprint density at radius 2 is 1.91 bits per heavy atom. The average Bonchev–Trinajstić information content (AvgIpc) is 3.06. The van der Waals surface area contributed by atoms with Crippen molar-refractivity contribution in [3.05, 3.63) is 69.6 Å².